The number of ether oxygens (including phenoxy) is 3. The molecule has 6 rings (SSSR count). The van der Waals surface area contributed by atoms with Crippen molar-refractivity contribution < 1.29 is 19.0 Å². The Balaban J connectivity index is 1.10. The Labute approximate surface area is 199 Å². The highest BCUT2D eigenvalue weighted by Gasteiger charge is 2.34. The molecule has 1 saturated carbocycles. The number of hydrogen-bond acceptors (Lipinski definition) is 8. The fourth-order valence-corrected chi connectivity index (χ4v) is 5.74. The zero-order valence-corrected chi connectivity index (χ0v) is 19.4. The molecule has 0 radical (unpaired) electrons. The summed E-state index contributed by atoms with van der Waals surface area (Å²) < 4.78 is 16.8. The predicted octanol–water partition coefficient (Wildman–Crippen LogP) is 3.24. The van der Waals surface area contributed by atoms with Gasteiger partial charge in [-0.1, -0.05) is 0 Å². The maximum Gasteiger partial charge on any atom is 0.407 e. The van der Waals surface area contributed by atoms with Crippen LogP contribution in [0.1, 0.15) is 44.9 Å². The van der Waals surface area contributed by atoms with Crippen LogP contribution in [0.5, 0.6) is 0 Å². The molecule has 182 valence electrons. The van der Waals surface area contributed by atoms with Gasteiger partial charge in [0.25, 0.3) is 0 Å². The van der Waals surface area contributed by atoms with Crippen LogP contribution in [0.2, 0.25) is 0 Å². The van der Waals surface area contributed by atoms with Crippen molar-refractivity contribution in [2.24, 2.45) is 0 Å². The lowest BCUT2D eigenvalue weighted by Crippen LogP contribution is -2.42. The van der Waals surface area contributed by atoms with Gasteiger partial charge in [-0.3, -0.25) is 9.97 Å². The first kappa shape index (κ1) is 21.9. The van der Waals surface area contributed by atoms with E-state index in [1.807, 2.05) is 0 Å². The summed E-state index contributed by atoms with van der Waals surface area (Å²) in [6, 6.07) is 4.87. The number of fused-ring (bicyclic) bond motifs is 3. The van der Waals surface area contributed by atoms with E-state index >= 15 is 0 Å². The van der Waals surface area contributed by atoms with Crippen molar-refractivity contribution in [2.45, 2.75) is 75.3 Å². The number of alkyl carbamates (subject to hydrolysis) is 1. The molecule has 3 saturated heterocycles. The fraction of sp³-hybridized carbons (Fsp3) is 0.640. The van der Waals surface area contributed by atoms with E-state index in [1.165, 1.54) is 5.69 Å². The lowest BCUT2D eigenvalue weighted by molar-refractivity contribution is 0.0305. The van der Waals surface area contributed by atoms with Gasteiger partial charge in [0.05, 0.1) is 36.6 Å². The number of carbonyl (C=O) groups is 1. The monoisotopic (exact) mass is 467 g/mol. The van der Waals surface area contributed by atoms with E-state index in [-0.39, 0.29) is 18.2 Å². The van der Waals surface area contributed by atoms with Gasteiger partial charge in [0.2, 0.25) is 0 Å². The molecule has 1 aromatic heterocycles. The highest BCUT2D eigenvalue weighted by atomic mass is 16.6. The molecule has 0 spiro atoms. The molecule has 1 aliphatic carbocycles. The molecule has 2 N–H and O–H groups in total. The third-order valence-corrected chi connectivity index (χ3v) is 7.54. The number of amides is 1. The summed E-state index contributed by atoms with van der Waals surface area (Å²) in [4.78, 5) is 23.9. The van der Waals surface area contributed by atoms with Gasteiger partial charge in [0, 0.05) is 49.7 Å². The molecule has 34 heavy (non-hydrogen) atoms. The lowest BCUT2D eigenvalue weighted by Gasteiger charge is -2.34. The average Bonchev–Trinajstić information content (AvgIpc) is 3.48. The summed E-state index contributed by atoms with van der Waals surface area (Å²) in [6.07, 6.45) is 10.6. The number of aromatic nitrogens is 2. The van der Waals surface area contributed by atoms with Gasteiger partial charge in [-0.2, -0.15) is 0 Å². The molecule has 2 bridgehead atoms. The first-order chi connectivity index (χ1) is 16.7. The molecule has 4 heterocycles. The van der Waals surface area contributed by atoms with E-state index in [9.17, 15) is 4.79 Å². The Bertz CT molecular complexity index is 1010. The van der Waals surface area contributed by atoms with Gasteiger partial charge in [-0.25, -0.2) is 4.79 Å². The minimum Gasteiger partial charge on any atom is -0.444 e. The van der Waals surface area contributed by atoms with Crippen molar-refractivity contribution in [2.75, 3.05) is 36.5 Å². The Kier molecular flexibility index (Phi) is 6.13. The smallest absolute Gasteiger partial charge is 0.407 e. The van der Waals surface area contributed by atoms with Crippen LogP contribution in [0.25, 0.3) is 11.0 Å². The van der Waals surface area contributed by atoms with Gasteiger partial charge in [-0.15, -0.1) is 0 Å². The first-order valence-electron chi connectivity index (χ1n) is 12.7. The van der Waals surface area contributed by atoms with Crippen molar-refractivity contribution in [1.82, 2.24) is 15.3 Å². The van der Waals surface area contributed by atoms with E-state index in [1.54, 1.807) is 12.4 Å². The van der Waals surface area contributed by atoms with Crippen molar-refractivity contribution in [3.05, 3.63) is 24.5 Å². The number of anilines is 2. The van der Waals surface area contributed by atoms with E-state index in [4.69, 9.17) is 14.2 Å². The van der Waals surface area contributed by atoms with Crippen LogP contribution in [0.4, 0.5) is 16.2 Å². The number of nitrogens with zero attached hydrogens (tertiary/aromatic N) is 3. The molecular weight excluding hydrogens is 434 g/mol. The van der Waals surface area contributed by atoms with Crippen LogP contribution in [0.15, 0.2) is 24.5 Å². The topological polar surface area (TPSA) is 97.8 Å². The third kappa shape index (κ3) is 4.77. The molecule has 9 nitrogen and oxygen atoms in total. The lowest BCUT2D eigenvalue weighted by atomic mass is 9.91. The maximum absolute atomic E-state index is 12.2. The molecular formula is C25H33N5O4. The predicted molar refractivity (Wildman–Crippen MR) is 128 cm³/mol. The number of nitrogens with one attached hydrogen (secondary N) is 2. The fourth-order valence-electron chi connectivity index (χ4n) is 5.74. The summed E-state index contributed by atoms with van der Waals surface area (Å²) in [5, 5.41) is 6.79. The van der Waals surface area contributed by atoms with E-state index < -0.39 is 0 Å². The van der Waals surface area contributed by atoms with Crippen molar-refractivity contribution in [3.8, 4) is 0 Å². The standard InChI is InChI=1S/C25H33N5O4/c31-25(34-21-7-10-32-15-21)29-17-3-1-16(2-4-17)28-23-12-18(11-22-24(23)27-9-8-26-22)30-13-19-5-6-20(14-30)33-19/h8-9,11-12,16-17,19-21,28H,1-7,10,13-15H2,(H,29,31)/t16-,17+,19?,20?,21?. The molecule has 4 aliphatic rings. The molecule has 3 atom stereocenters. The first-order valence-corrected chi connectivity index (χ1v) is 12.7. The third-order valence-electron chi connectivity index (χ3n) is 7.54. The van der Waals surface area contributed by atoms with E-state index in [0.717, 1.165) is 74.8 Å². The highest BCUT2D eigenvalue weighted by molar-refractivity contribution is 5.91. The van der Waals surface area contributed by atoms with Gasteiger partial charge >= 0.3 is 6.09 Å². The minimum absolute atomic E-state index is 0.110. The van der Waals surface area contributed by atoms with Crippen LogP contribution in [-0.2, 0) is 14.2 Å². The maximum atomic E-state index is 12.2. The van der Waals surface area contributed by atoms with E-state index in [2.05, 4.69) is 37.6 Å². The van der Waals surface area contributed by atoms with Gasteiger partial charge in [-0.05, 0) is 50.7 Å². The molecule has 2 aromatic rings. The van der Waals surface area contributed by atoms with E-state index in [0.29, 0.717) is 31.5 Å². The summed E-state index contributed by atoms with van der Waals surface area (Å²) in [7, 11) is 0. The van der Waals surface area contributed by atoms with Crippen LogP contribution < -0.4 is 15.5 Å². The van der Waals surface area contributed by atoms with Crippen LogP contribution >= 0.6 is 0 Å². The molecule has 3 unspecified atom stereocenters. The SMILES string of the molecule is O=C(N[C@H]1CC[C@@H](Nc2cc(N3CC4CCC(C3)O4)cc3nccnc23)CC1)OC1CCOC1. The normalized spacial score (nSPS) is 30.9. The zero-order valence-electron chi connectivity index (χ0n) is 19.4. The summed E-state index contributed by atoms with van der Waals surface area (Å²) in [6.45, 7) is 3.04. The van der Waals surface area contributed by atoms with Gasteiger partial charge in [0.1, 0.15) is 11.6 Å². The summed E-state index contributed by atoms with van der Waals surface area (Å²) in [5.74, 6) is 0. The second-order valence-corrected chi connectivity index (χ2v) is 10.0. The largest absolute Gasteiger partial charge is 0.444 e. The number of benzene rings is 1. The number of hydrogen-bond donors (Lipinski definition) is 2. The number of morpholine rings is 1. The van der Waals surface area contributed by atoms with Gasteiger partial charge in [0.15, 0.2) is 0 Å². The van der Waals surface area contributed by atoms with Crippen molar-refractivity contribution >= 4 is 28.5 Å². The van der Waals surface area contributed by atoms with Crippen molar-refractivity contribution in [3.63, 3.8) is 0 Å². The zero-order chi connectivity index (χ0) is 22.9. The molecule has 9 heteroatoms. The summed E-state index contributed by atoms with van der Waals surface area (Å²) in [5.41, 5.74) is 4.04. The van der Waals surface area contributed by atoms with Crippen LogP contribution in [0, 0.1) is 0 Å². The summed E-state index contributed by atoms with van der Waals surface area (Å²) >= 11 is 0. The highest BCUT2D eigenvalue weighted by Crippen LogP contribution is 2.34. The molecule has 1 amide bonds. The molecule has 1 aromatic carbocycles. The molecule has 3 aliphatic heterocycles. The van der Waals surface area contributed by atoms with Gasteiger partial charge < -0.3 is 29.7 Å². The Morgan fingerprint density at radius 3 is 2.50 bits per heavy atom. The quantitative estimate of drug-likeness (QED) is 0.692. The average molecular weight is 468 g/mol. The number of rotatable bonds is 5. The second-order valence-electron chi connectivity index (χ2n) is 10.0. The second kappa shape index (κ2) is 9.54. The van der Waals surface area contributed by atoms with Crippen LogP contribution in [-0.4, -0.2) is 72.8 Å². The minimum atomic E-state index is -0.319. The Hall–Kier alpha value is -2.65. The number of carbonyl (C=O) groups excluding carboxylic acids is 1. The molecule has 4 fully saturated rings. The Morgan fingerprint density at radius 2 is 1.74 bits per heavy atom. The van der Waals surface area contributed by atoms with Crippen molar-refractivity contribution in [1.29, 1.82) is 0 Å². The van der Waals surface area contributed by atoms with Crippen LogP contribution in [0.3, 0.4) is 0 Å². The Morgan fingerprint density at radius 1 is 0.971 bits per heavy atom.